The third-order valence-corrected chi connectivity index (χ3v) is 4.23. The van der Waals surface area contributed by atoms with E-state index in [2.05, 4.69) is 10.3 Å². The summed E-state index contributed by atoms with van der Waals surface area (Å²) in [5, 5.41) is 11.7. The molecule has 0 saturated carbocycles. The maximum atomic E-state index is 12.3. The molecular formula is C19H15ClN4O3. The summed E-state index contributed by atoms with van der Waals surface area (Å²) in [4.78, 5) is 28.8. The Hall–Kier alpha value is -3.37. The molecule has 1 aromatic carbocycles. The number of halogens is 1. The van der Waals surface area contributed by atoms with Gasteiger partial charge in [0.1, 0.15) is 11.7 Å². The van der Waals surface area contributed by atoms with E-state index in [1.165, 1.54) is 19.1 Å². The van der Waals surface area contributed by atoms with Crippen LogP contribution in [0.15, 0.2) is 42.6 Å². The maximum absolute atomic E-state index is 12.3. The van der Waals surface area contributed by atoms with Crippen molar-refractivity contribution in [3.05, 3.63) is 64.6 Å². The molecule has 0 saturated heterocycles. The fraction of sp³-hybridized carbons (Fsp3) is 0.158. The number of esters is 1. The van der Waals surface area contributed by atoms with Gasteiger partial charge in [0.05, 0.1) is 10.6 Å². The van der Waals surface area contributed by atoms with Gasteiger partial charge in [-0.05, 0) is 44.2 Å². The van der Waals surface area contributed by atoms with Crippen molar-refractivity contribution < 1.29 is 14.3 Å². The molecule has 1 N–H and O–H groups in total. The molecule has 3 rings (SSSR count). The van der Waals surface area contributed by atoms with Crippen LogP contribution in [0.3, 0.4) is 0 Å². The summed E-state index contributed by atoms with van der Waals surface area (Å²) in [5.41, 5.74) is 2.35. The molecule has 0 aliphatic carbocycles. The second-order valence-electron chi connectivity index (χ2n) is 5.86. The largest absolute Gasteiger partial charge is 0.448 e. The van der Waals surface area contributed by atoms with E-state index >= 15 is 0 Å². The third-order valence-electron chi connectivity index (χ3n) is 3.92. The lowest BCUT2D eigenvalue weighted by molar-refractivity contribution is -0.123. The van der Waals surface area contributed by atoms with Crippen LogP contribution in [0, 0.1) is 18.3 Å². The van der Waals surface area contributed by atoms with Crippen molar-refractivity contribution in [1.29, 1.82) is 5.26 Å². The zero-order valence-electron chi connectivity index (χ0n) is 14.6. The van der Waals surface area contributed by atoms with E-state index in [0.717, 1.165) is 5.69 Å². The number of carbonyl (C=O) groups is 2. The molecule has 2 heterocycles. The lowest BCUT2D eigenvalue weighted by atomic mass is 10.2. The minimum absolute atomic E-state index is 0.116. The SMILES string of the molecule is Cc1cccc2nc(C(=O)O[C@H](C)C(=O)Nc3ccc(C#N)c(Cl)c3)cn12. The first-order valence-corrected chi connectivity index (χ1v) is 8.43. The number of rotatable bonds is 4. The van der Waals surface area contributed by atoms with Gasteiger partial charge in [0.25, 0.3) is 5.91 Å². The van der Waals surface area contributed by atoms with Crippen LogP contribution in [-0.2, 0) is 9.53 Å². The molecule has 0 fully saturated rings. The summed E-state index contributed by atoms with van der Waals surface area (Å²) in [6.07, 6.45) is 0.524. The molecule has 136 valence electrons. The number of aromatic nitrogens is 2. The Labute approximate surface area is 160 Å². The summed E-state index contributed by atoms with van der Waals surface area (Å²) >= 11 is 5.94. The van der Waals surface area contributed by atoms with Crippen molar-refractivity contribution in [2.24, 2.45) is 0 Å². The van der Waals surface area contributed by atoms with E-state index in [4.69, 9.17) is 21.6 Å². The summed E-state index contributed by atoms with van der Waals surface area (Å²) in [6, 6.07) is 11.9. The number of fused-ring (bicyclic) bond motifs is 1. The smallest absolute Gasteiger partial charge is 0.359 e. The Morgan fingerprint density at radius 3 is 2.78 bits per heavy atom. The van der Waals surface area contributed by atoms with Gasteiger partial charge in [0.2, 0.25) is 0 Å². The number of anilines is 1. The highest BCUT2D eigenvalue weighted by Gasteiger charge is 2.21. The van der Waals surface area contributed by atoms with Crippen LogP contribution in [-0.4, -0.2) is 27.4 Å². The molecule has 0 unspecified atom stereocenters. The van der Waals surface area contributed by atoms with E-state index in [9.17, 15) is 9.59 Å². The summed E-state index contributed by atoms with van der Waals surface area (Å²) in [6.45, 7) is 3.35. The Balaban J connectivity index is 1.68. The van der Waals surface area contributed by atoms with Gasteiger partial charge in [0, 0.05) is 17.6 Å². The van der Waals surface area contributed by atoms with Gasteiger partial charge in [-0.3, -0.25) is 4.79 Å². The van der Waals surface area contributed by atoms with Gasteiger partial charge in [-0.15, -0.1) is 0 Å². The minimum atomic E-state index is -1.04. The number of ether oxygens (including phenoxy) is 1. The monoisotopic (exact) mass is 382 g/mol. The summed E-state index contributed by atoms with van der Waals surface area (Å²) < 4.78 is 6.97. The van der Waals surface area contributed by atoms with Gasteiger partial charge in [0.15, 0.2) is 11.8 Å². The molecule has 3 aromatic rings. The normalized spacial score (nSPS) is 11.6. The number of hydrogen-bond acceptors (Lipinski definition) is 5. The van der Waals surface area contributed by atoms with E-state index in [0.29, 0.717) is 16.9 Å². The fourth-order valence-electron chi connectivity index (χ4n) is 2.45. The lowest BCUT2D eigenvalue weighted by Crippen LogP contribution is -2.30. The molecule has 0 radical (unpaired) electrons. The van der Waals surface area contributed by atoms with Crippen LogP contribution >= 0.6 is 11.6 Å². The summed E-state index contributed by atoms with van der Waals surface area (Å²) in [7, 11) is 0. The van der Waals surface area contributed by atoms with Gasteiger partial charge >= 0.3 is 5.97 Å². The highest BCUT2D eigenvalue weighted by atomic mass is 35.5. The molecule has 1 amide bonds. The molecule has 0 aliphatic heterocycles. The van der Waals surface area contributed by atoms with E-state index in [1.807, 2.05) is 25.1 Å². The lowest BCUT2D eigenvalue weighted by Gasteiger charge is -2.13. The maximum Gasteiger partial charge on any atom is 0.359 e. The van der Waals surface area contributed by atoms with Crippen molar-refractivity contribution in [1.82, 2.24) is 9.38 Å². The number of nitrogens with one attached hydrogen (secondary N) is 1. The van der Waals surface area contributed by atoms with Crippen molar-refractivity contribution in [2.75, 3.05) is 5.32 Å². The predicted octanol–water partition coefficient (Wildman–Crippen LogP) is 3.35. The second-order valence-corrected chi connectivity index (χ2v) is 6.27. The van der Waals surface area contributed by atoms with Crippen molar-refractivity contribution in [2.45, 2.75) is 20.0 Å². The molecule has 7 nitrogen and oxygen atoms in total. The minimum Gasteiger partial charge on any atom is -0.448 e. The zero-order chi connectivity index (χ0) is 19.6. The number of hydrogen-bond donors (Lipinski definition) is 1. The number of amides is 1. The van der Waals surface area contributed by atoms with Crippen LogP contribution < -0.4 is 5.32 Å². The predicted molar refractivity (Wildman–Crippen MR) is 99.6 cm³/mol. The highest BCUT2D eigenvalue weighted by Crippen LogP contribution is 2.20. The quantitative estimate of drug-likeness (QED) is 0.698. The number of pyridine rings is 1. The second kappa shape index (κ2) is 7.48. The fourth-order valence-corrected chi connectivity index (χ4v) is 2.67. The average molecular weight is 383 g/mol. The molecule has 0 aliphatic rings. The molecule has 1 atom stereocenters. The Morgan fingerprint density at radius 1 is 1.33 bits per heavy atom. The number of imidazole rings is 1. The van der Waals surface area contributed by atoms with Gasteiger partial charge in [-0.25, -0.2) is 9.78 Å². The number of aryl methyl sites for hydroxylation is 1. The molecule has 27 heavy (non-hydrogen) atoms. The Bertz CT molecular complexity index is 1080. The van der Waals surface area contributed by atoms with Crippen LogP contribution in [0.4, 0.5) is 5.69 Å². The van der Waals surface area contributed by atoms with Crippen molar-refractivity contribution >= 4 is 34.8 Å². The third kappa shape index (κ3) is 3.91. The molecule has 0 spiro atoms. The van der Waals surface area contributed by atoms with Crippen molar-refractivity contribution in [3.63, 3.8) is 0 Å². The molecular weight excluding hydrogens is 368 g/mol. The van der Waals surface area contributed by atoms with E-state index < -0.39 is 18.0 Å². The Morgan fingerprint density at radius 2 is 2.11 bits per heavy atom. The first kappa shape index (κ1) is 18.4. The number of carbonyl (C=O) groups excluding carboxylic acids is 2. The van der Waals surface area contributed by atoms with Crippen LogP contribution in [0.1, 0.15) is 28.7 Å². The van der Waals surface area contributed by atoms with E-state index in [1.54, 1.807) is 22.7 Å². The number of nitriles is 1. The molecule has 2 aromatic heterocycles. The number of nitrogens with zero attached hydrogens (tertiary/aromatic N) is 3. The first-order valence-electron chi connectivity index (χ1n) is 8.05. The van der Waals surface area contributed by atoms with Gasteiger partial charge < -0.3 is 14.5 Å². The van der Waals surface area contributed by atoms with E-state index in [-0.39, 0.29) is 10.7 Å². The first-order chi connectivity index (χ1) is 12.9. The molecule has 0 bridgehead atoms. The number of benzene rings is 1. The zero-order valence-corrected chi connectivity index (χ0v) is 15.3. The standard InChI is InChI=1S/C19H15ClN4O3/c1-11-4-3-5-17-23-16(10-24(11)17)19(26)27-12(2)18(25)22-14-7-6-13(9-21)15(20)8-14/h3-8,10,12H,1-2H3,(H,22,25)/t12-/m1/s1. The van der Waals surface area contributed by atoms with Crippen LogP contribution in [0.25, 0.3) is 5.65 Å². The average Bonchev–Trinajstić information content (AvgIpc) is 3.07. The Kier molecular flexibility index (Phi) is 5.10. The summed E-state index contributed by atoms with van der Waals surface area (Å²) in [5.74, 6) is -1.22. The topological polar surface area (TPSA) is 96.5 Å². The van der Waals surface area contributed by atoms with Gasteiger partial charge in [-0.1, -0.05) is 17.7 Å². The van der Waals surface area contributed by atoms with Crippen molar-refractivity contribution in [3.8, 4) is 6.07 Å². The highest BCUT2D eigenvalue weighted by molar-refractivity contribution is 6.32. The molecule has 8 heteroatoms. The van der Waals surface area contributed by atoms with Crippen LogP contribution in [0.5, 0.6) is 0 Å². The van der Waals surface area contributed by atoms with Crippen LogP contribution in [0.2, 0.25) is 5.02 Å². The van der Waals surface area contributed by atoms with Gasteiger partial charge in [-0.2, -0.15) is 5.26 Å².